The van der Waals surface area contributed by atoms with Crippen molar-refractivity contribution >= 4 is 17.5 Å². The number of anilines is 1. The number of nitrogens with one attached hydrogen (secondary N) is 3. The Kier molecular flexibility index (Phi) is 6.73. The fourth-order valence-corrected chi connectivity index (χ4v) is 8.47. The Balaban J connectivity index is 0.982. The molecule has 0 spiro atoms. The Morgan fingerprint density at radius 1 is 0.775 bits per heavy atom. The number of carbonyl (C=O) groups excluding carboxylic acids is 2. The number of hydrogen-bond acceptors (Lipinski definition) is 3. The molecule has 1 heterocycles. The third-order valence-electron chi connectivity index (χ3n) is 10.2. The van der Waals surface area contributed by atoms with Crippen LogP contribution in [-0.2, 0) is 4.79 Å². The van der Waals surface area contributed by atoms with E-state index in [1.165, 1.54) is 44.9 Å². The van der Waals surface area contributed by atoms with Gasteiger partial charge in [0.1, 0.15) is 5.82 Å². The lowest BCUT2D eigenvalue weighted by Gasteiger charge is -2.55. The molecule has 6 heteroatoms. The van der Waals surface area contributed by atoms with Crippen molar-refractivity contribution in [3.8, 4) is 22.6 Å². The summed E-state index contributed by atoms with van der Waals surface area (Å²) in [5, 5.41) is 6.47. The second-order valence-corrected chi connectivity index (χ2v) is 13.1. The Bertz CT molecular complexity index is 1330. The van der Waals surface area contributed by atoms with Gasteiger partial charge in [-0.05, 0) is 111 Å². The van der Waals surface area contributed by atoms with E-state index in [1.54, 1.807) is 0 Å². The normalized spacial score (nSPS) is 27.8. The van der Waals surface area contributed by atoms with E-state index in [1.807, 2.05) is 54.7 Å². The Labute approximate surface area is 236 Å². The molecule has 208 valence electrons. The predicted molar refractivity (Wildman–Crippen MR) is 158 cm³/mol. The maximum absolute atomic E-state index is 13.4. The minimum Gasteiger partial charge on any atom is -0.349 e. The highest BCUT2D eigenvalue weighted by molar-refractivity contribution is 5.96. The van der Waals surface area contributed by atoms with Crippen molar-refractivity contribution in [2.45, 2.75) is 83.1 Å². The molecule has 3 N–H and O–H groups in total. The summed E-state index contributed by atoms with van der Waals surface area (Å²) in [6.07, 6.45) is 16.2. The number of imidazole rings is 1. The van der Waals surface area contributed by atoms with Crippen LogP contribution in [0.5, 0.6) is 0 Å². The third kappa shape index (κ3) is 5.09. The number of amides is 2. The number of aromatic amines is 1. The van der Waals surface area contributed by atoms with Crippen LogP contribution < -0.4 is 10.6 Å². The van der Waals surface area contributed by atoms with Crippen LogP contribution in [0.4, 0.5) is 5.69 Å². The van der Waals surface area contributed by atoms with Gasteiger partial charge >= 0.3 is 0 Å². The quantitative estimate of drug-likeness (QED) is 0.288. The van der Waals surface area contributed by atoms with E-state index < -0.39 is 0 Å². The zero-order valence-corrected chi connectivity index (χ0v) is 23.3. The highest BCUT2D eigenvalue weighted by Crippen LogP contribution is 2.60. The first-order valence-corrected chi connectivity index (χ1v) is 15.4. The predicted octanol–water partition coefficient (Wildman–Crippen LogP) is 7.35. The molecule has 2 amide bonds. The average molecular weight is 537 g/mol. The van der Waals surface area contributed by atoms with Crippen LogP contribution in [0.25, 0.3) is 22.6 Å². The van der Waals surface area contributed by atoms with Gasteiger partial charge in [-0.25, -0.2) is 4.98 Å². The molecule has 2 aromatic carbocycles. The Morgan fingerprint density at radius 3 is 2.00 bits per heavy atom. The molecule has 1 aromatic heterocycles. The number of H-pyrrole nitrogens is 1. The van der Waals surface area contributed by atoms with E-state index in [2.05, 4.69) is 20.6 Å². The first kappa shape index (κ1) is 25.6. The minimum absolute atomic E-state index is 0.0131. The van der Waals surface area contributed by atoms with Gasteiger partial charge in [0.2, 0.25) is 5.91 Å². The molecule has 40 heavy (non-hydrogen) atoms. The summed E-state index contributed by atoms with van der Waals surface area (Å²) in [6.45, 7) is 0. The lowest BCUT2D eigenvalue weighted by atomic mass is 9.49. The van der Waals surface area contributed by atoms with Crippen molar-refractivity contribution in [1.82, 2.24) is 15.3 Å². The van der Waals surface area contributed by atoms with Gasteiger partial charge in [0.25, 0.3) is 5.91 Å². The summed E-state index contributed by atoms with van der Waals surface area (Å²) in [6, 6.07) is 16.0. The van der Waals surface area contributed by atoms with Crippen LogP contribution in [0.3, 0.4) is 0 Å². The second-order valence-electron chi connectivity index (χ2n) is 13.1. The first-order chi connectivity index (χ1) is 19.5. The summed E-state index contributed by atoms with van der Waals surface area (Å²) in [5.41, 5.74) is 4.27. The zero-order valence-electron chi connectivity index (χ0n) is 23.3. The minimum atomic E-state index is -0.144. The second kappa shape index (κ2) is 10.5. The van der Waals surface area contributed by atoms with E-state index in [-0.39, 0.29) is 17.2 Å². The average Bonchev–Trinajstić information content (AvgIpc) is 3.31. The number of hydrogen-bond donors (Lipinski definition) is 3. The van der Waals surface area contributed by atoms with Gasteiger partial charge < -0.3 is 15.6 Å². The van der Waals surface area contributed by atoms with Crippen molar-refractivity contribution in [3.05, 3.63) is 60.3 Å². The number of benzene rings is 2. The van der Waals surface area contributed by atoms with Crippen molar-refractivity contribution in [2.75, 3.05) is 5.32 Å². The molecule has 8 rings (SSSR count). The van der Waals surface area contributed by atoms with E-state index >= 15 is 0 Å². The molecule has 5 fully saturated rings. The van der Waals surface area contributed by atoms with Crippen molar-refractivity contribution in [2.24, 2.45) is 23.2 Å². The van der Waals surface area contributed by atoms with E-state index in [0.29, 0.717) is 11.6 Å². The molecular formula is C34H40N4O2. The lowest BCUT2D eigenvalue weighted by molar-refractivity contribution is -0.140. The van der Waals surface area contributed by atoms with E-state index in [0.717, 1.165) is 78.2 Å². The van der Waals surface area contributed by atoms with Crippen LogP contribution in [0.1, 0.15) is 87.4 Å². The molecule has 6 nitrogen and oxygen atoms in total. The van der Waals surface area contributed by atoms with Gasteiger partial charge in [-0.3, -0.25) is 9.59 Å². The van der Waals surface area contributed by atoms with Gasteiger partial charge in [0.15, 0.2) is 0 Å². The number of aromatic nitrogens is 2. The largest absolute Gasteiger partial charge is 0.349 e. The highest BCUT2D eigenvalue weighted by atomic mass is 16.2. The van der Waals surface area contributed by atoms with Gasteiger partial charge in [-0.1, -0.05) is 37.8 Å². The van der Waals surface area contributed by atoms with Crippen LogP contribution >= 0.6 is 0 Å². The Morgan fingerprint density at radius 2 is 1.38 bits per heavy atom. The SMILES string of the molecule is O=C(NC1CCCCCC1)c1ccc(-c2cnc(-c3ccc(NC(=O)C45CC6CC(CC(C6)C4)C5)cc3)[nH]2)cc1. The summed E-state index contributed by atoms with van der Waals surface area (Å²) in [7, 11) is 0. The van der Waals surface area contributed by atoms with Crippen molar-refractivity contribution < 1.29 is 9.59 Å². The van der Waals surface area contributed by atoms with Crippen LogP contribution in [0.15, 0.2) is 54.7 Å². The summed E-state index contributed by atoms with van der Waals surface area (Å²) in [5.74, 6) is 3.29. The molecule has 0 unspecified atom stereocenters. The van der Waals surface area contributed by atoms with Gasteiger partial charge in [-0.2, -0.15) is 0 Å². The summed E-state index contributed by atoms with van der Waals surface area (Å²) in [4.78, 5) is 34.2. The van der Waals surface area contributed by atoms with Crippen LogP contribution in [0, 0.1) is 23.2 Å². The Hall–Kier alpha value is -3.41. The van der Waals surface area contributed by atoms with Gasteiger partial charge in [-0.15, -0.1) is 0 Å². The standard InChI is InChI=1S/C34H40N4O2/c39-32(36-28-5-3-1-2-4-6-28)27-9-7-25(8-10-27)30-21-35-31(38-30)26-11-13-29(14-12-26)37-33(40)34-18-22-15-23(19-34)17-24(16-22)20-34/h7-14,21-24,28H,1-6,15-20H2,(H,35,38)(H,36,39)(H,37,40). The zero-order chi connectivity index (χ0) is 27.1. The van der Waals surface area contributed by atoms with E-state index in [9.17, 15) is 9.59 Å². The molecule has 5 saturated carbocycles. The topological polar surface area (TPSA) is 86.9 Å². The molecule has 0 saturated heterocycles. The maximum Gasteiger partial charge on any atom is 0.251 e. The number of carbonyl (C=O) groups is 2. The fourth-order valence-electron chi connectivity index (χ4n) is 8.47. The van der Waals surface area contributed by atoms with Gasteiger partial charge in [0, 0.05) is 22.9 Å². The molecule has 5 aliphatic rings. The number of rotatable bonds is 6. The molecule has 0 atom stereocenters. The first-order valence-electron chi connectivity index (χ1n) is 15.4. The van der Waals surface area contributed by atoms with Crippen LogP contribution in [0.2, 0.25) is 0 Å². The molecule has 4 bridgehead atoms. The summed E-state index contributed by atoms with van der Waals surface area (Å²) >= 11 is 0. The van der Waals surface area contributed by atoms with E-state index in [4.69, 9.17) is 0 Å². The third-order valence-corrected chi connectivity index (χ3v) is 10.2. The monoisotopic (exact) mass is 536 g/mol. The molecule has 0 radical (unpaired) electrons. The lowest BCUT2D eigenvalue weighted by Crippen LogP contribution is -2.51. The van der Waals surface area contributed by atoms with Crippen molar-refractivity contribution in [3.63, 3.8) is 0 Å². The van der Waals surface area contributed by atoms with Crippen LogP contribution in [-0.4, -0.2) is 27.8 Å². The smallest absolute Gasteiger partial charge is 0.251 e. The number of nitrogens with zero attached hydrogens (tertiary/aromatic N) is 1. The molecule has 5 aliphatic carbocycles. The highest BCUT2D eigenvalue weighted by Gasteiger charge is 2.54. The summed E-state index contributed by atoms with van der Waals surface area (Å²) < 4.78 is 0. The van der Waals surface area contributed by atoms with Crippen molar-refractivity contribution in [1.29, 1.82) is 0 Å². The molecular weight excluding hydrogens is 496 g/mol. The van der Waals surface area contributed by atoms with Gasteiger partial charge in [0.05, 0.1) is 17.3 Å². The molecule has 0 aliphatic heterocycles. The fraction of sp³-hybridized carbons (Fsp3) is 0.500. The maximum atomic E-state index is 13.4. The molecule has 3 aromatic rings.